The zero-order valence-electron chi connectivity index (χ0n) is 11.8. The molecule has 20 heavy (non-hydrogen) atoms. The van der Waals surface area contributed by atoms with Gasteiger partial charge in [0.1, 0.15) is 12.4 Å². The van der Waals surface area contributed by atoms with Gasteiger partial charge in [0.2, 0.25) is 0 Å². The molecule has 4 heteroatoms. The van der Waals surface area contributed by atoms with E-state index in [1.807, 2.05) is 42.7 Å². The molecule has 0 saturated carbocycles. The summed E-state index contributed by atoms with van der Waals surface area (Å²) in [4.78, 5) is 4.20. The van der Waals surface area contributed by atoms with Gasteiger partial charge in [0.05, 0.1) is 6.04 Å². The number of nitrogens with one attached hydrogen (secondary N) is 1. The lowest BCUT2D eigenvalue weighted by atomic mass is 10.0. The van der Waals surface area contributed by atoms with Crippen LogP contribution in [0.2, 0.25) is 5.02 Å². The fourth-order valence-corrected chi connectivity index (χ4v) is 2.18. The van der Waals surface area contributed by atoms with Gasteiger partial charge >= 0.3 is 0 Å². The maximum Gasteiger partial charge on any atom is 0.119 e. The molecule has 1 N–H and O–H groups in total. The van der Waals surface area contributed by atoms with E-state index in [9.17, 15) is 0 Å². The van der Waals surface area contributed by atoms with Gasteiger partial charge in [-0.05, 0) is 54.9 Å². The van der Waals surface area contributed by atoms with Crippen molar-refractivity contribution < 1.29 is 4.74 Å². The number of rotatable bonds is 6. The third-order valence-corrected chi connectivity index (χ3v) is 3.39. The third kappa shape index (κ3) is 3.95. The number of likely N-dealkylation sites (N-methyl/N-ethyl adjacent to an activating group) is 1. The molecule has 0 radical (unpaired) electrons. The highest BCUT2D eigenvalue weighted by Gasteiger charge is 2.13. The van der Waals surface area contributed by atoms with Gasteiger partial charge in [-0.2, -0.15) is 0 Å². The van der Waals surface area contributed by atoms with Gasteiger partial charge in [-0.25, -0.2) is 0 Å². The van der Waals surface area contributed by atoms with Crippen molar-refractivity contribution in [1.29, 1.82) is 0 Å². The topological polar surface area (TPSA) is 34.1 Å². The van der Waals surface area contributed by atoms with Crippen LogP contribution in [0.5, 0.6) is 5.75 Å². The van der Waals surface area contributed by atoms with Gasteiger partial charge in [-0.1, -0.05) is 18.5 Å². The first-order chi connectivity index (χ1) is 9.70. The first-order valence-electron chi connectivity index (χ1n) is 6.73. The molecule has 1 heterocycles. The maximum atomic E-state index is 5.86. The number of hydrogen-bond donors (Lipinski definition) is 1. The molecule has 1 atom stereocenters. The molecule has 2 aromatic rings. The number of pyridine rings is 1. The molecule has 2 rings (SSSR count). The second kappa shape index (κ2) is 7.27. The Morgan fingerprint density at radius 3 is 2.65 bits per heavy atom. The lowest BCUT2D eigenvalue weighted by molar-refractivity contribution is 0.267. The van der Waals surface area contributed by atoms with Gasteiger partial charge in [-0.3, -0.25) is 4.98 Å². The van der Waals surface area contributed by atoms with E-state index in [0.29, 0.717) is 11.6 Å². The number of aryl methyl sites for hydroxylation is 1. The molecule has 0 aliphatic rings. The van der Waals surface area contributed by atoms with Crippen LogP contribution in [0.3, 0.4) is 0 Å². The van der Waals surface area contributed by atoms with Gasteiger partial charge in [0.15, 0.2) is 0 Å². The van der Waals surface area contributed by atoms with Gasteiger partial charge < -0.3 is 10.1 Å². The van der Waals surface area contributed by atoms with Crippen molar-refractivity contribution in [3.8, 4) is 5.75 Å². The normalized spacial score (nSPS) is 12.2. The van der Waals surface area contributed by atoms with E-state index in [-0.39, 0.29) is 6.04 Å². The van der Waals surface area contributed by atoms with Crippen molar-refractivity contribution in [2.45, 2.75) is 19.9 Å². The summed E-state index contributed by atoms with van der Waals surface area (Å²) < 4.78 is 5.84. The molecule has 0 saturated heterocycles. The van der Waals surface area contributed by atoms with Crippen molar-refractivity contribution in [1.82, 2.24) is 10.3 Å². The molecular weight excluding hydrogens is 272 g/mol. The number of aromatic nitrogens is 1. The highest BCUT2D eigenvalue weighted by atomic mass is 35.5. The Balaban J connectivity index is 2.06. The average molecular weight is 291 g/mol. The minimum absolute atomic E-state index is 0.129. The number of halogens is 1. The van der Waals surface area contributed by atoms with E-state index in [0.717, 1.165) is 12.3 Å². The van der Waals surface area contributed by atoms with Crippen LogP contribution in [0.15, 0.2) is 42.7 Å². The number of hydrogen-bond acceptors (Lipinski definition) is 3. The molecule has 0 amide bonds. The zero-order chi connectivity index (χ0) is 14.4. The lowest BCUT2D eigenvalue weighted by Crippen LogP contribution is -2.27. The van der Waals surface area contributed by atoms with E-state index < -0.39 is 0 Å². The van der Waals surface area contributed by atoms with E-state index in [1.54, 1.807) is 0 Å². The van der Waals surface area contributed by atoms with E-state index in [1.165, 1.54) is 11.1 Å². The second-order valence-electron chi connectivity index (χ2n) is 4.61. The standard InChI is InChI=1S/C16H19ClN2O/c1-3-19-16(15-10-18-9-8-12(15)2)11-20-14-6-4-13(17)5-7-14/h4-10,16,19H,3,11H2,1-2H3. The average Bonchev–Trinajstić information content (AvgIpc) is 2.46. The van der Waals surface area contributed by atoms with Crippen molar-refractivity contribution in [2.75, 3.05) is 13.2 Å². The van der Waals surface area contributed by atoms with Crippen molar-refractivity contribution in [2.24, 2.45) is 0 Å². The maximum absolute atomic E-state index is 5.86. The Labute approximate surface area is 124 Å². The van der Waals surface area contributed by atoms with E-state index in [2.05, 4.69) is 24.1 Å². The molecule has 1 aromatic carbocycles. The summed E-state index contributed by atoms with van der Waals surface area (Å²) in [5, 5.41) is 4.14. The molecule has 3 nitrogen and oxygen atoms in total. The minimum atomic E-state index is 0.129. The predicted molar refractivity (Wildman–Crippen MR) is 82.3 cm³/mol. The highest BCUT2D eigenvalue weighted by Crippen LogP contribution is 2.20. The van der Waals surface area contributed by atoms with Crippen LogP contribution in [-0.2, 0) is 0 Å². The van der Waals surface area contributed by atoms with E-state index >= 15 is 0 Å². The fraction of sp³-hybridized carbons (Fsp3) is 0.312. The molecule has 0 fully saturated rings. The summed E-state index contributed by atoms with van der Waals surface area (Å²) in [6, 6.07) is 9.55. The fourth-order valence-electron chi connectivity index (χ4n) is 2.06. The Morgan fingerprint density at radius 2 is 2.00 bits per heavy atom. The van der Waals surface area contributed by atoms with Crippen LogP contribution >= 0.6 is 11.6 Å². The van der Waals surface area contributed by atoms with Crippen LogP contribution in [0.4, 0.5) is 0 Å². The molecule has 0 aliphatic carbocycles. The SMILES string of the molecule is CCNC(COc1ccc(Cl)cc1)c1cnccc1C. The van der Waals surface area contributed by atoms with Crippen LogP contribution in [0, 0.1) is 6.92 Å². The Kier molecular flexibility index (Phi) is 5.39. The monoisotopic (exact) mass is 290 g/mol. The first-order valence-corrected chi connectivity index (χ1v) is 7.10. The van der Waals surface area contributed by atoms with Crippen LogP contribution in [0.25, 0.3) is 0 Å². The Hall–Kier alpha value is -1.58. The van der Waals surface area contributed by atoms with Gasteiger partial charge in [0.25, 0.3) is 0 Å². The van der Waals surface area contributed by atoms with Crippen LogP contribution in [-0.4, -0.2) is 18.1 Å². The minimum Gasteiger partial charge on any atom is -0.492 e. The molecule has 1 aromatic heterocycles. The van der Waals surface area contributed by atoms with Crippen LogP contribution < -0.4 is 10.1 Å². The quantitative estimate of drug-likeness (QED) is 0.879. The number of benzene rings is 1. The third-order valence-electron chi connectivity index (χ3n) is 3.14. The number of ether oxygens (including phenoxy) is 1. The Morgan fingerprint density at radius 1 is 1.25 bits per heavy atom. The summed E-state index contributed by atoms with van der Waals surface area (Å²) in [5.74, 6) is 0.818. The van der Waals surface area contributed by atoms with Crippen molar-refractivity contribution >= 4 is 11.6 Å². The first kappa shape index (κ1) is 14.8. The zero-order valence-corrected chi connectivity index (χ0v) is 12.5. The summed E-state index contributed by atoms with van der Waals surface area (Å²) >= 11 is 5.86. The van der Waals surface area contributed by atoms with Crippen LogP contribution in [0.1, 0.15) is 24.1 Å². The van der Waals surface area contributed by atoms with E-state index in [4.69, 9.17) is 16.3 Å². The smallest absolute Gasteiger partial charge is 0.119 e. The van der Waals surface area contributed by atoms with Gasteiger partial charge in [-0.15, -0.1) is 0 Å². The molecule has 0 spiro atoms. The molecular formula is C16H19ClN2O. The summed E-state index contributed by atoms with van der Waals surface area (Å²) in [6.07, 6.45) is 3.70. The second-order valence-corrected chi connectivity index (χ2v) is 5.04. The molecule has 0 aliphatic heterocycles. The summed E-state index contributed by atoms with van der Waals surface area (Å²) in [6.45, 7) is 5.61. The molecule has 106 valence electrons. The largest absolute Gasteiger partial charge is 0.492 e. The highest BCUT2D eigenvalue weighted by molar-refractivity contribution is 6.30. The Bertz CT molecular complexity index is 542. The molecule has 0 bridgehead atoms. The van der Waals surface area contributed by atoms with Crippen molar-refractivity contribution in [3.05, 3.63) is 58.9 Å². The van der Waals surface area contributed by atoms with Gasteiger partial charge in [0, 0.05) is 17.4 Å². The lowest BCUT2D eigenvalue weighted by Gasteiger charge is -2.20. The predicted octanol–water partition coefficient (Wildman–Crippen LogP) is 3.77. The summed E-state index contributed by atoms with van der Waals surface area (Å²) in [7, 11) is 0. The number of nitrogens with zero attached hydrogens (tertiary/aromatic N) is 1. The summed E-state index contributed by atoms with van der Waals surface area (Å²) in [5.41, 5.74) is 2.38. The van der Waals surface area contributed by atoms with Crippen molar-refractivity contribution in [3.63, 3.8) is 0 Å². The molecule has 1 unspecified atom stereocenters.